The Morgan fingerprint density at radius 2 is 1.87 bits per heavy atom. The Morgan fingerprint density at radius 3 is 2.67 bits per heavy atom. The summed E-state index contributed by atoms with van der Waals surface area (Å²) in [7, 11) is 0. The summed E-state index contributed by atoms with van der Waals surface area (Å²) in [6, 6.07) is 3.88. The van der Waals surface area contributed by atoms with E-state index in [1.807, 2.05) is 18.2 Å². The van der Waals surface area contributed by atoms with Crippen molar-refractivity contribution in [2.24, 2.45) is 5.10 Å². The first-order chi connectivity index (χ1) is 6.93. The molecule has 3 rings (SSSR count). The minimum absolute atomic E-state index is 0. The number of nitrogens with zero attached hydrogens (tertiary/aromatic N) is 1. The summed E-state index contributed by atoms with van der Waals surface area (Å²) in [5.41, 5.74) is 4.87. The molecule has 0 aliphatic carbocycles. The first-order valence-electron chi connectivity index (χ1n) is 4.32. The molecule has 15 heavy (non-hydrogen) atoms. The second-order valence-electron chi connectivity index (χ2n) is 3.06. The average molecular weight is 225 g/mol. The molecule has 4 nitrogen and oxygen atoms in total. The number of hydrogen-bond acceptors (Lipinski definition) is 4. The van der Waals surface area contributed by atoms with Crippen molar-refractivity contribution in [1.82, 2.24) is 5.43 Å². The quantitative estimate of drug-likeness (QED) is 0.730. The van der Waals surface area contributed by atoms with Gasteiger partial charge in [-0.25, -0.2) is 0 Å². The van der Waals surface area contributed by atoms with Gasteiger partial charge in [-0.2, -0.15) is 5.10 Å². The van der Waals surface area contributed by atoms with Crippen LogP contribution in [0, 0.1) is 0 Å². The molecule has 0 bridgehead atoms. The second-order valence-corrected chi connectivity index (χ2v) is 3.06. The number of hydrogen-bond donors (Lipinski definition) is 1. The topological polar surface area (TPSA) is 42.9 Å². The molecule has 0 atom stereocenters. The van der Waals surface area contributed by atoms with Crippen molar-refractivity contribution < 1.29 is 9.47 Å². The smallest absolute Gasteiger partial charge is 0.231 e. The van der Waals surface area contributed by atoms with Crippen LogP contribution in [0.1, 0.15) is 11.1 Å². The fourth-order valence-corrected chi connectivity index (χ4v) is 1.51. The van der Waals surface area contributed by atoms with Gasteiger partial charge in [0.15, 0.2) is 11.5 Å². The monoisotopic (exact) mass is 224 g/mol. The van der Waals surface area contributed by atoms with Crippen LogP contribution in [-0.4, -0.2) is 13.0 Å². The van der Waals surface area contributed by atoms with Gasteiger partial charge in [-0.05, 0) is 23.8 Å². The van der Waals surface area contributed by atoms with Crippen LogP contribution in [0.4, 0.5) is 0 Å². The number of halogens is 1. The van der Waals surface area contributed by atoms with E-state index in [1.54, 1.807) is 12.4 Å². The van der Waals surface area contributed by atoms with Crippen molar-refractivity contribution in [2.45, 2.75) is 0 Å². The van der Waals surface area contributed by atoms with Gasteiger partial charge < -0.3 is 9.47 Å². The molecular formula is C10H9ClN2O2. The van der Waals surface area contributed by atoms with Gasteiger partial charge in [0, 0.05) is 11.8 Å². The molecule has 2 aliphatic heterocycles. The number of hydrazone groups is 1. The zero-order valence-corrected chi connectivity index (χ0v) is 8.58. The van der Waals surface area contributed by atoms with Crippen LogP contribution in [0.5, 0.6) is 11.5 Å². The maximum atomic E-state index is 5.28. The van der Waals surface area contributed by atoms with E-state index >= 15 is 0 Å². The van der Waals surface area contributed by atoms with Gasteiger partial charge >= 0.3 is 0 Å². The number of rotatable bonds is 0. The molecule has 0 amide bonds. The second kappa shape index (κ2) is 3.82. The highest BCUT2D eigenvalue weighted by molar-refractivity contribution is 5.87. The van der Waals surface area contributed by atoms with Crippen molar-refractivity contribution in [3.8, 4) is 11.5 Å². The van der Waals surface area contributed by atoms with Gasteiger partial charge in [0.2, 0.25) is 6.79 Å². The van der Waals surface area contributed by atoms with Gasteiger partial charge in [-0.15, -0.1) is 12.4 Å². The van der Waals surface area contributed by atoms with Gasteiger partial charge in [0.05, 0.1) is 6.21 Å². The van der Waals surface area contributed by atoms with Crippen LogP contribution >= 0.6 is 12.4 Å². The molecular weight excluding hydrogens is 216 g/mol. The lowest BCUT2D eigenvalue weighted by Gasteiger charge is -2.01. The molecule has 0 fully saturated rings. The number of benzene rings is 1. The summed E-state index contributed by atoms with van der Waals surface area (Å²) >= 11 is 0. The van der Waals surface area contributed by atoms with Crippen molar-refractivity contribution in [3.63, 3.8) is 0 Å². The Balaban J connectivity index is 0.000000853. The van der Waals surface area contributed by atoms with E-state index in [1.165, 1.54) is 0 Å². The molecule has 0 radical (unpaired) electrons. The third-order valence-electron chi connectivity index (χ3n) is 2.19. The highest BCUT2D eigenvalue weighted by Gasteiger charge is 2.15. The van der Waals surface area contributed by atoms with Gasteiger partial charge in [0.1, 0.15) is 0 Å². The minimum Gasteiger partial charge on any atom is -0.454 e. The first-order valence-corrected chi connectivity index (χ1v) is 4.32. The van der Waals surface area contributed by atoms with E-state index in [9.17, 15) is 0 Å². The zero-order valence-electron chi connectivity index (χ0n) is 7.77. The van der Waals surface area contributed by atoms with Crippen LogP contribution in [0.25, 0.3) is 6.08 Å². The predicted molar refractivity (Wildman–Crippen MR) is 59.6 cm³/mol. The molecule has 1 N–H and O–H groups in total. The third kappa shape index (κ3) is 1.64. The molecule has 1 aromatic carbocycles. The summed E-state index contributed by atoms with van der Waals surface area (Å²) in [6.45, 7) is 0.303. The molecule has 0 unspecified atom stereocenters. The summed E-state index contributed by atoms with van der Waals surface area (Å²) in [5, 5.41) is 3.98. The zero-order chi connectivity index (χ0) is 9.38. The molecule has 5 heteroatoms. The Morgan fingerprint density at radius 1 is 1.13 bits per heavy atom. The van der Waals surface area contributed by atoms with Crippen molar-refractivity contribution in [1.29, 1.82) is 0 Å². The van der Waals surface area contributed by atoms with Gasteiger partial charge in [-0.3, -0.25) is 5.43 Å². The number of ether oxygens (including phenoxy) is 2. The highest BCUT2D eigenvalue weighted by Crippen LogP contribution is 2.34. The van der Waals surface area contributed by atoms with Crippen LogP contribution in [0.15, 0.2) is 23.4 Å². The maximum absolute atomic E-state index is 5.28. The Labute approximate surface area is 93.0 Å². The van der Waals surface area contributed by atoms with Crippen molar-refractivity contribution in [3.05, 3.63) is 29.5 Å². The summed E-state index contributed by atoms with van der Waals surface area (Å²) in [4.78, 5) is 0. The molecule has 0 saturated heterocycles. The minimum atomic E-state index is 0. The summed E-state index contributed by atoms with van der Waals surface area (Å²) in [5.74, 6) is 1.58. The lowest BCUT2D eigenvalue weighted by atomic mass is 10.1. The van der Waals surface area contributed by atoms with Crippen molar-refractivity contribution in [2.75, 3.05) is 6.79 Å². The van der Waals surface area contributed by atoms with Crippen LogP contribution in [0.3, 0.4) is 0 Å². The predicted octanol–water partition coefficient (Wildman–Crippen LogP) is 1.74. The van der Waals surface area contributed by atoms with E-state index < -0.39 is 0 Å². The van der Waals surface area contributed by atoms with Crippen LogP contribution in [0.2, 0.25) is 0 Å². The van der Waals surface area contributed by atoms with E-state index in [0.717, 1.165) is 22.6 Å². The highest BCUT2D eigenvalue weighted by atomic mass is 35.5. The molecule has 0 spiro atoms. The van der Waals surface area contributed by atoms with E-state index in [0.29, 0.717) is 6.79 Å². The lowest BCUT2D eigenvalue weighted by molar-refractivity contribution is 0.174. The van der Waals surface area contributed by atoms with Crippen LogP contribution < -0.4 is 14.9 Å². The van der Waals surface area contributed by atoms with Crippen LogP contribution in [-0.2, 0) is 0 Å². The van der Waals surface area contributed by atoms with Gasteiger partial charge in [-0.1, -0.05) is 0 Å². The Bertz CT molecular complexity index is 404. The lowest BCUT2D eigenvalue weighted by Crippen LogP contribution is -1.93. The summed E-state index contributed by atoms with van der Waals surface area (Å²) in [6.07, 6.45) is 5.49. The standard InChI is InChI=1S/C10H8N2O2.ClH/c1-2-11-12-5-8-4-10-9(3-7(1)8)13-6-14-10;/h1-5,11H,6H2;1H. The average Bonchev–Trinajstić information content (AvgIpc) is 2.51. The fourth-order valence-electron chi connectivity index (χ4n) is 1.51. The molecule has 1 aromatic rings. The third-order valence-corrected chi connectivity index (χ3v) is 2.19. The molecule has 0 aromatic heterocycles. The number of nitrogens with one attached hydrogen (secondary N) is 1. The normalized spacial score (nSPS) is 14.9. The number of fused-ring (bicyclic) bond motifs is 2. The van der Waals surface area contributed by atoms with E-state index in [4.69, 9.17) is 9.47 Å². The van der Waals surface area contributed by atoms with E-state index in [2.05, 4.69) is 10.5 Å². The molecule has 0 saturated carbocycles. The van der Waals surface area contributed by atoms with Gasteiger partial charge in [0.25, 0.3) is 0 Å². The molecule has 2 aliphatic rings. The Hall–Kier alpha value is -1.68. The fraction of sp³-hybridized carbons (Fsp3) is 0.100. The SMILES string of the molecule is C1=Cc2cc3c(cc2C=NN1)OCO3.Cl. The largest absolute Gasteiger partial charge is 0.454 e. The first kappa shape index (κ1) is 9.86. The Kier molecular flexibility index (Phi) is 2.51. The summed E-state index contributed by atoms with van der Waals surface area (Å²) < 4.78 is 10.6. The molecule has 78 valence electrons. The maximum Gasteiger partial charge on any atom is 0.231 e. The van der Waals surface area contributed by atoms with E-state index in [-0.39, 0.29) is 12.4 Å². The molecule has 2 heterocycles. The van der Waals surface area contributed by atoms with Crippen molar-refractivity contribution >= 4 is 24.7 Å².